The summed E-state index contributed by atoms with van der Waals surface area (Å²) in [4.78, 5) is 0. The molecule has 17 heavy (non-hydrogen) atoms. The van der Waals surface area contributed by atoms with Gasteiger partial charge in [0.15, 0.2) is 11.5 Å². The number of hydrogen-bond acceptors (Lipinski definition) is 3. The summed E-state index contributed by atoms with van der Waals surface area (Å²) >= 11 is 0. The van der Waals surface area contributed by atoms with Gasteiger partial charge in [0.05, 0.1) is 7.11 Å². The minimum absolute atomic E-state index is 0.291. The van der Waals surface area contributed by atoms with Gasteiger partial charge < -0.3 is 14.8 Å². The molecule has 0 aliphatic heterocycles. The summed E-state index contributed by atoms with van der Waals surface area (Å²) in [5, 5.41) is 3.19. The SMILES string of the molecule is C=C(C)COc1ccc(C(C)NC)cc1OC. The lowest BCUT2D eigenvalue weighted by Crippen LogP contribution is -2.12. The molecule has 1 aromatic rings. The van der Waals surface area contributed by atoms with Gasteiger partial charge in [0.25, 0.3) is 0 Å². The zero-order valence-electron chi connectivity index (χ0n) is 11.0. The summed E-state index contributed by atoms with van der Waals surface area (Å²) in [7, 11) is 3.58. The van der Waals surface area contributed by atoms with Crippen LogP contribution in [0.4, 0.5) is 0 Å². The zero-order chi connectivity index (χ0) is 12.8. The predicted octanol–water partition coefficient (Wildman–Crippen LogP) is 2.93. The molecule has 0 aliphatic rings. The first-order valence-electron chi connectivity index (χ1n) is 5.71. The summed E-state index contributed by atoms with van der Waals surface area (Å²) in [5.41, 5.74) is 2.16. The van der Waals surface area contributed by atoms with Crippen molar-refractivity contribution >= 4 is 0 Å². The number of methoxy groups -OCH3 is 1. The summed E-state index contributed by atoms with van der Waals surface area (Å²) < 4.78 is 10.9. The van der Waals surface area contributed by atoms with Crippen molar-refractivity contribution in [2.75, 3.05) is 20.8 Å². The highest BCUT2D eigenvalue weighted by molar-refractivity contribution is 5.43. The number of nitrogens with one attached hydrogen (secondary N) is 1. The molecule has 0 spiro atoms. The molecular weight excluding hydrogens is 214 g/mol. The minimum atomic E-state index is 0.291. The van der Waals surface area contributed by atoms with E-state index in [0.29, 0.717) is 12.6 Å². The van der Waals surface area contributed by atoms with Crippen LogP contribution in [-0.4, -0.2) is 20.8 Å². The topological polar surface area (TPSA) is 30.5 Å². The molecule has 0 aromatic heterocycles. The van der Waals surface area contributed by atoms with Crippen molar-refractivity contribution < 1.29 is 9.47 Å². The van der Waals surface area contributed by atoms with E-state index < -0.39 is 0 Å². The van der Waals surface area contributed by atoms with Crippen molar-refractivity contribution in [3.63, 3.8) is 0 Å². The van der Waals surface area contributed by atoms with E-state index in [9.17, 15) is 0 Å². The van der Waals surface area contributed by atoms with Gasteiger partial charge in [0.1, 0.15) is 6.61 Å². The molecule has 0 fully saturated rings. The molecule has 0 radical (unpaired) electrons. The maximum Gasteiger partial charge on any atom is 0.161 e. The van der Waals surface area contributed by atoms with Crippen molar-refractivity contribution in [1.82, 2.24) is 5.32 Å². The molecule has 1 atom stereocenters. The van der Waals surface area contributed by atoms with Gasteiger partial charge in [-0.15, -0.1) is 0 Å². The smallest absolute Gasteiger partial charge is 0.161 e. The predicted molar refractivity (Wildman–Crippen MR) is 70.8 cm³/mol. The standard InChI is InChI=1S/C14H21NO2/c1-10(2)9-17-13-7-6-12(11(3)15-4)8-14(13)16-5/h6-8,11,15H,1,9H2,2-5H3. The Morgan fingerprint density at radius 1 is 1.41 bits per heavy atom. The molecule has 0 amide bonds. The van der Waals surface area contributed by atoms with Gasteiger partial charge in [-0.25, -0.2) is 0 Å². The summed E-state index contributed by atoms with van der Waals surface area (Å²) in [6.07, 6.45) is 0. The average molecular weight is 235 g/mol. The van der Waals surface area contributed by atoms with Crippen LogP contribution >= 0.6 is 0 Å². The second-order valence-electron chi connectivity index (χ2n) is 4.17. The Labute approximate surface area is 103 Å². The first kappa shape index (κ1) is 13.6. The molecule has 3 heteroatoms. The third-order valence-electron chi connectivity index (χ3n) is 2.59. The molecule has 1 unspecified atom stereocenters. The van der Waals surface area contributed by atoms with Crippen molar-refractivity contribution in [2.24, 2.45) is 0 Å². The van der Waals surface area contributed by atoms with Crippen LogP contribution in [0.2, 0.25) is 0 Å². The Balaban J connectivity index is 2.89. The van der Waals surface area contributed by atoms with Gasteiger partial charge in [-0.1, -0.05) is 12.6 Å². The normalized spacial score (nSPS) is 12.0. The van der Waals surface area contributed by atoms with E-state index in [4.69, 9.17) is 9.47 Å². The second-order valence-corrected chi connectivity index (χ2v) is 4.17. The van der Waals surface area contributed by atoms with Crippen LogP contribution in [0.25, 0.3) is 0 Å². The fourth-order valence-corrected chi connectivity index (χ4v) is 1.44. The molecule has 94 valence electrons. The van der Waals surface area contributed by atoms with Gasteiger partial charge in [-0.2, -0.15) is 0 Å². The molecule has 3 nitrogen and oxygen atoms in total. The third kappa shape index (κ3) is 3.79. The molecule has 1 rings (SSSR count). The summed E-state index contributed by atoms with van der Waals surface area (Å²) in [6, 6.07) is 6.26. The number of ether oxygens (including phenoxy) is 2. The molecule has 0 heterocycles. The van der Waals surface area contributed by atoms with Crippen molar-refractivity contribution in [3.05, 3.63) is 35.9 Å². The van der Waals surface area contributed by atoms with E-state index in [1.54, 1.807) is 7.11 Å². The van der Waals surface area contributed by atoms with Gasteiger partial charge in [0.2, 0.25) is 0 Å². The maximum absolute atomic E-state index is 5.61. The van der Waals surface area contributed by atoms with Crippen LogP contribution < -0.4 is 14.8 Å². The quantitative estimate of drug-likeness (QED) is 0.769. The minimum Gasteiger partial charge on any atom is -0.493 e. The molecule has 1 N–H and O–H groups in total. The van der Waals surface area contributed by atoms with Gasteiger partial charge in [-0.3, -0.25) is 0 Å². The number of rotatable bonds is 6. The van der Waals surface area contributed by atoms with Gasteiger partial charge >= 0.3 is 0 Å². The van der Waals surface area contributed by atoms with Crippen molar-refractivity contribution in [2.45, 2.75) is 19.9 Å². The Kier molecular flexibility index (Phi) is 5.04. The number of hydrogen-bond donors (Lipinski definition) is 1. The zero-order valence-corrected chi connectivity index (χ0v) is 11.0. The molecule has 0 aliphatic carbocycles. The van der Waals surface area contributed by atoms with E-state index in [-0.39, 0.29) is 0 Å². The van der Waals surface area contributed by atoms with Gasteiger partial charge in [-0.05, 0) is 44.2 Å². The molecule has 0 saturated carbocycles. The summed E-state index contributed by atoms with van der Waals surface area (Å²) in [5.74, 6) is 1.51. The van der Waals surface area contributed by atoms with Gasteiger partial charge in [0, 0.05) is 6.04 Å². The van der Waals surface area contributed by atoms with E-state index in [1.165, 1.54) is 5.56 Å². The van der Waals surface area contributed by atoms with E-state index in [0.717, 1.165) is 17.1 Å². The molecule has 0 saturated heterocycles. The largest absolute Gasteiger partial charge is 0.493 e. The third-order valence-corrected chi connectivity index (χ3v) is 2.59. The first-order valence-corrected chi connectivity index (χ1v) is 5.71. The van der Waals surface area contributed by atoms with Crippen LogP contribution in [0.1, 0.15) is 25.5 Å². The van der Waals surface area contributed by atoms with E-state index in [2.05, 4.69) is 18.8 Å². The van der Waals surface area contributed by atoms with Crippen molar-refractivity contribution in [3.8, 4) is 11.5 Å². The Morgan fingerprint density at radius 2 is 2.12 bits per heavy atom. The second kappa shape index (κ2) is 6.30. The van der Waals surface area contributed by atoms with Crippen LogP contribution in [0.15, 0.2) is 30.4 Å². The summed E-state index contributed by atoms with van der Waals surface area (Å²) in [6.45, 7) is 8.35. The Hall–Kier alpha value is -1.48. The lowest BCUT2D eigenvalue weighted by atomic mass is 10.1. The highest BCUT2D eigenvalue weighted by Crippen LogP contribution is 2.30. The lowest BCUT2D eigenvalue weighted by molar-refractivity contribution is 0.319. The first-order chi connectivity index (χ1) is 8.08. The van der Waals surface area contributed by atoms with Crippen LogP contribution in [0.5, 0.6) is 11.5 Å². The fourth-order valence-electron chi connectivity index (χ4n) is 1.44. The van der Waals surface area contributed by atoms with E-state index >= 15 is 0 Å². The Morgan fingerprint density at radius 3 is 2.65 bits per heavy atom. The molecule has 0 bridgehead atoms. The Bertz CT molecular complexity index is 388. The van der Waals surface area contributed by atoms with E-state index in [1.807, 2.05) is 32.2 Å². The average Bonchev–Trinajstić information content (AvgIpc) is 2.34. The van der Waals surface area contributed by atoms with Crippen LogP contribution in [0.3, 0.4) is 0 Å². The van der Waals surface area contributed by atoms with Crippen LogP contribution in [0, 0.1) is 0 Å². The fraction of sp³-hybridized carbons (Fsp3) is 0.429. The molecular formula is C14H21NO2. The highest BCUT2D eigenvalue weighted by atomic mass is 16.5. The highest BCUT2D eigenvalue weighted by Gasteiger charge is 2.09. The number of benzene rings is 1. The lowest BCUT2D eigenvalue weighted by Gasteiger charge is -2.15. The monoisotopic (exact) mass is 235 g/mol. The molecule has 1 aromatic carbocycles. The maximum atomic E-state index is 5.61. The van der Waals surface area contributed by atoms with Crippen molar-refractivity contribution in [1.29, 1.82) is 0 Å². The van der Waals surface area contributed by atoms with Crippen LogP contribution in [-0.2, 0) is 0 Å².